The maximum Gasteiger partial charge on any atom is 0.264 e. The smallest absolute Gasteiger partial charge is 0.264 e. The molecule has 37 heavy (non-hydrogen) atoms. The van der Waals surface area contributed by atoms with E-state index in [4.69, 9.17) is 11.6 Å². The lowest BCUT2D eigenvalue weighted by molar-refractivity contribution is -0.139. The molecule has 3 aromatic rings. The van der Waals surface area contributed by atoms with Gasteiger partial charge in [0.05, 0.1) is 10.6 Å². The zero-order valence-corrected chi connectivity index (χ0v) is 23.2. The van der Waals surface area contributed by atoms with Crippen molar-refractivity contribution < 1.29 is 18.0 Å². The van der Waals surface area contributed by atoms with Crippen LogP contribution in [0.2, 0.25) is 5.02 Å². The third-order valence-electron chi connectivity index (χ3n) is 6.23. The van der Waals surface area contributed by atoms with E-state index in [9.17, 15) is 18.0 Å². The quantitative estimate of drug-likeness (QED) is 0.428. The summed E-state index contributed by atoms with van der Waals surface area (Å²) >= 11 is 6.35. The first-order valence-electron chi connectivity index (χ1n) is 11.9. The number of halogens is 1. The molecule has 9 heteroatoms. The molecule has 1 atom stereocenters. The van der Waals surface area contributed by atoms with Crippen LogP contribution in [0.15, 0.2) is 71.6 Å². The maximum atomic E-state index is 13.9. The predicted molar refractivity (Wildman–Crippen MR) is 147 cm³/mol. The van der Waals surface area contributed by atoms with Crippen LogP contribution in [0, 0.1) is 20.8 Å². The van der Waals surface area contributed by atoms with Gasteiger partial charge in [-0.15, -0.1) is 0 Å². The molecule has 0 spiro atoms. The minimum Gasteiger partial charge on any atom is -0.357 e. The number of hydrogen-bond acceptors (Lipinski definition) is 4. The lowest BCUT2D eigenvalue weighted by Crippen LogP contribution is -2.50. The van der Waals surface area contributed by atoms with E-state index < -0.39 is 28.5 Å². The van der Waals surface area contributed by atoms with Gasteiger partial charge in [0.15, 0.2) is 0 Å². The Morgan fingerprint density at radius 3 is 2.19 bits per heavy atom. The molecule has 0 aliphatic carbocycles. The molecule has 0 radical (unpaired) electrons. The van der Waals surface area contributed by atoms with E-state index in [1.54, 1.807) is 56.3 Å². The molecule has 0 saturated carbocycles. The van der Waals surface area contributed by atoms with Crippen LogP contribution in [-0.2, 0) is 26.2 Å². The van der Waals surface area contributed by atoms with E-state index >= 15 is 0 Å². The Morgan fingerprint density at radius 2 is 1.57 bits per heavy atom. The zero-order valence-electron chi connectivity index (χ0n) is 21.7. The Kier molecular flexibility index (Phi) is 8.99. The molecule has 7 nitrogen and oxygen atoms in total. The van der Waals surface area contributed by atoms with E-state index in [2.05, 4.69) is 5.32 Å². The number of anilines is 1. The number of nitrogens with one attached hydrogen (secondary N) is 1. The molecule has 0 saturated heterocycles. The second-order valence-electron chi connectivity index (χ2n) is 9.02. The summed E-state index contributed by atoms with van der Waals surface area (Å²) in [4.78, 5) is 27.8. The van der Waals surface area contributed by atoms with Crippen LogP contribution >= 0.6 is 11.6 Å². The second-order valence-corrected chi connectivity index (χ2v) is 11.3. The van der Waals surface area contributed by atoms with Crippen molar-refractivity contribution in [2.75, 3.05) is 17.9 Å². The van der Waals surface area contributed by atoms with Gasteiger partial charge in [-0.25, -0.2) is 8.42 Å². The minimum atomic E-state index is -4.11. The Balaban J connectivity index is 2.09. The van der Waals surface area contributed by atoms with E-state index in [1.807, 2.05) is 26.0 Å². The monoisotopic (exact) mass is 541 g/mol. The average molecular weight is 542 g/mol. The van der Waals surface area contributed by atoms with Crippen molar-refractivity contribution in [3.8, 4) is 0 Å². The molecule has 0 aliphatic rings. The number of hydrogen-bond donors (Lipinski definition) is 1. The Morgan fingerprint density at radius 1 is 0.946 bits per heavy atom. The van der Waals surface area contributed by atoms with Crippen molar-refractivity contribution in [3.63, 3.8) is 0 Å². The van der Waals surface area contributed by atoms with E-state index in [0.717, 1.165) is 15.4 Å². The van der Waals surface area contributed by atoms with Crippen molar-refractivity contribution in [1.29, 1.82) is 0 Å². The van der Waals surface area contributed by atoms with Gasteiger partial charge in [0.1, 0.15) is 12.6 Å². The highest BCUT2D eigenvalue weighted by atomic mass is 35.5. The van der Waals surface area contributed by atoms with E-state index in [1.165, 1.54) is 24.1 Å². The first-order valence-corrected chi connectivity index (χ1v) is 13.7. The highest BCUT2D eigenvalue weighted by molar-refractivity contribution is 7.92. The molecule has 0 fully saturated rings. The van der Waals surface area contributed by atoms with E-state index in [-0.39, 0.29) is 17.3 Å². The topological polar surface area (TPSA) is 86.8 Å². The molecule has 196 valence electrons. The second kappa shape index (κ2) is 11.8. The number of sulfonamides is 1. The first-order chi connectivity index (χ1) is 17.4. The van der Waals surface area contributed by atoms with Gasteiger partial charge in [0, 0.05) is 18.6 Å². The number of aryl methyl sites for hydroxylation is 3. The van der Waals surface area contributed by atoms with Gasteiger partial charge in [-0.05, 0) is 68.7 Å². The van der Waals surface area contributed by atoms with Crippen molar-refractivity contribution in [1.82, 2.24) is 10.2 Å². The Hall–Kier alpha value is -3.36. The number of carbonyl (C=O) groups is 2. The fourth-order valence-corrected chi connectivity index (χ4v) is 5.61. The minimum absolute atomic E-state index is 0.0400. The fourth-order valence-electron chi connectivity index (χ4n) is 3.94. The summed E-state index contributed by atoms with van der Waals surface area (Å²) in [6.45, 7) is 6.68. The molecule has 0 heterocycles. The molecule has 0 bridgehead atoms. The van der Waals surface area contributed by atoms with Gasteiger partial charge in [0.25, 0.3) is 10.0 Å². The number of benzene rings is 3. The number of rotatable bonds is 9. The van der Waals surface area contributed by atoms with Gasteiger partial charge in [-0.3, -0.25) is 13.9 Å². The first kappa shape index (κ1) is 28.2. The van der Waals surface area contributed by atoms with Gasteiger partial charge < -0.3 is 10.2 Å². The molecule has 2 amide bonds. The lowest BCUT2D eigenvalue weighted by atomic mass is 10.1. The Labute approximate surface area is 224 Å². The fraction of sp³-hybridized carbons (Fsp3) is 0.286. The maximum absolute atomic E-state index is 13.9. The van der Waals surface area contributed by atoms with Crippen molar-refractivity contribution in [2.24, 2.45) is 0 Å². The number of amides is 2. The number of nitrogens with zero attached hydrogens (tertiary/aromatic N) is 2. The summed E-state index contributed by atoms with van der Waals surface area (Å²) < 4.78 is 28.9. The van der Waals surface area contributed by atoms with Crippen LogP contribution in [0.25, 0.3) is 0 Å². The summed E-state index contributed by atoms with van der Waals surface area (Å²) in [5.41, 5.74) is 3.51. The lowest BCUT2D eigenvalue weighted by Gasteiger charge is -2.32. The van der Waals surface area contributed by atoms with Crippen molar-refractivity contribution in [2.45, 2.75) is 45.2 Å². The van der Waals surface area contributed by atoms with E-state index in [0.29, 0.717) is 21.8 Å². The molecule has 0 unspecified atom stereocenters. The third kappa shape index (κ3) is 6.50. The largest absolute Gasteiger partial charge is 0.357 e. The normalized spacial score (nSPS) is 12.1. The standard InChI is InChI=1S/C28H32ClN3O4S/c1-19-11-14-24(15-12-19)37(35,36)32(26-16-20(2)10-13-21(26)3)18-27(33)31(22(4)28(34)30-5)17-23-8-6-7-9-25(23)29/h6-16,22H,17-18H2,1-5H3,(H,30,34)/t22-/m1/s1. The summed E-state index contributed by atoms with van der Waals surface area (Å²) in [6.07, 6.45) is 0. The molecule has 3 aromatic carbocycles. The summed E-state index contributed by atoms with van der Waals surface area (Å²) in [5, 5.41) is 3.01. The van der Waals surface area contributed by atoms with Crippen LogP contribution in [0.3, 0.4) is 0 Å². The SMILES string of the molecule is CNC(=O)[C@@H](C)N(Cc1ccccc1Cl)C(=O)CN(c1cc(C)ccc1C)S(=O)(=O)c1ccc(C)cc1. The highest BCUT2D eigenvalue weighted by Gasteiger charge is 2.33. The van der Waals surface area contributed by atoms with Crippen LogP contribution < -0.4 is 9.62 Å². The third-order valence-corrected chi connectivity index (χ3v) is 8.38. The van der Waals surface area contributed by atoms with Crippen molar-refractivity contribution >= 4 is 39.1 Å². The van der Waals surface area contributed by atoms with Crippen LogP contribution in [0.1, 0.15) is 29.2 Å². The summed E-state index contributed by atoms with van der Waals surface area (Å²) in [7, 11) is -2.62. The summed E-state index contributed by atoms with van der Waals surface area (Å²) in [6, 6.07) is 18.1. The molecular formula is C28H32ClN3O4S. The van der Waals surface area contributed by atoms with Gasteiger partial charge in [-0.1, -0.05) is 59.6 Å². The number of carbonyl (C=O) groups excluding carboxylic acids is 2. The molecule has 1 N–H and O–H groups in total. The van der Waals surface area contributed by atoms with Crippen molar-refractivity contribution in [3.05, 3.63) is 94.0 Å². The van der Waals surface area contributed by atoms with Crippen LogP contribution in [0.4, 0.5) is 5.69 Å². The number of likely N-dealkylation sites (N-methyl/N-ethyl adjacent to an activating group) is 1. The zero-order chi connectivity index (χ0) is 27.3. The van der Waals surface area contributed by atoms with Crippen LogP contribution in [0.5, 0.6) is 0 Å². The molecular weight excluding hydrogens is 510 g/mol. The molecule has 0 aliphatic heterocycles. The van der Waals surface area contributed by atoms with Gasteiger partial charge in [-0.2, -0.15) is 0 Å². The van der Waals surface area contributed by atoms with Crippen LogP contribution in [-0.4, -0.2) is 44.8 Å². The highest BCUT2D eigenvalue weighted by Crippen LogP contribution is 2.29. The predicted octanol–water partition coefficient (Wildman–Crippen LogP) is 4.62. The molecule has 3 rings (SSSR count). The molecule has 0 aromatic heterocycles. The average Bonchev–Trinajstić information content (AvgIpc) is 2.87. The summed E-state index contributed by atoms with van der Waals surface area (Å²) in [5.74, 6) is -0.910. The van der Waals surface area contributed by atoms with Gasteiger partial charge >= 0.3 is 0 Å². The van der Waals surface area contributed by atoms with Gasteiger partial charge in [0.2, 0.25) is 11.8 Å². The Bertz CT molecular complexity index is 1390.